The van der Waals surface area contributed by atoms with E-state index >= 15 is 0 Å². The van der Waals surface area contributed by atoms with Gasteiger partial charge in [-0.25, -0.2) is 19.6 Å². The summed E-state index contributed by atoms with van der Waals surface area (Å²) in [5.41, 5.74) is 5.08. The first-order valence-corrected chi connectivity index (χ1v) is 8.89. The second-order valence-corrected chi connectivity index (χ2v) is 6.33. The first-order valence-electron chi connectivity index (χ1n) is 8.89. The second-order valence-electron chi connectivity index (χ2n) is 6.33. The molecule has 0 radical (unpaired) electrons. The van der Waals surface area contributed by atoms with Crippen molar-refractivity contribution in [2.45, 2.75) is 0 Å². The third-order valence-corrected chi connectivity index (χ3v) is 4.56. The van der Waals surface area contributed by atoms with E-state index in [1.54, 1.807) is 17.3 Å². The molecule has 0 aliphatic carbocycles. The molecule has 0 aliphatic rings. The summed E-state index contributed by atoms with van der Waals surface area (Å²) in [7, 11) is 0. The van der Waals surface area contributed by atoms with Gasteiger partial charge in [0.1, 0.15) is 24.8 Å². The number of nitrogens with one attached hydrogen (secondary N) is 1. The van der Waals surface area contributed by atoms with Gasteiger partial charge in [0, 0.05) is 11.1 Å². The van der Waals surface area contributed by atoms with Gasteiger partial charge in [-0.15, -0.1) is 0 Å². The molecule has 5 aromatic rings. The lowest BCUT2D eigenvalue weighted by Gasteiger charge is -2.10. The van der Waals surface area contributed by atoms with Gasteiger partial charge in [-0.3, -0.25) is 0 Å². The lowest BCUT2D eigenvalue weighted by Crippen LogP contribution is -1.98. The summed E-state index contributed by atoms with van der Waals surface area (Å²) >= 11 is 0. The highest BCUT2D eigenvalue weighted by Crippen LogP contribution is 2.28. The number of aromatic nitrogens is 5. The molecule has 2 heterocycles. The van der Waals surface area contributed by atoms with Crippen molar-refractivity contribution in [3.63, 3.8) is 0 Å². The quantitative estimate of drug-likeness (QED) is 0.504. The van der Waals surface area contributed by atoms with Crippen LogP contribution in [0.1, 0.15) is 0 Å². The summed E-state index contributed by atoms with van der Waals surface area (Å²) < 4.78 is 1.72. The number of nitrogens with zero attached hydrogens (tertiary/aromatic N) is 5. The molecule has 6 nitrogen and oxygen atoms in total. The molecule has 0 saturated carbocycles. The summed E-state index contributed by atoms with van der Waals surface area (Å²) in [6.45, 7) is 0. The van der Waals surface area contributed by atoms with Crippen LogP contribution in [0.3, 0.4) is 0 Å². The Kier molecular flexibility index (Phi) is 3.99. The highest BCUT2D eigenvalue weighted by atomic mass is 15.3. The Hall–Kier alpha value is -4.06. The largest absolute Gasteiger partial charge is 0.340 e. The molecule has 1 N–H and O–H groups in total. The van der Waals surface area contributed by atoms with Crippen LogP contribution in [0.15, 0.2) is 91.8 Å². The molecule has 0 unspecified atom stereocenters. The number of fused-ring (bicyclic) bond motifs is 1. The molecule has 0 atom stereocenters. The average molecular weight is 364 g/mol. The minimum Gasteiger partial charge on any atom is -0.340 e. The van der Waals surface area contributed by atoms with E-state index in [0.29, 0.717) is 0 Å². The van der Waals surface area contributed by atoms with Crippen LogP contribution in [0, 0.1) is 0 Å². The predicted molar refractivity (Wildman–Crippen MR) is 110 cm³/mol. The second kappa shape index (κ2) is 6.92. The van der Waals surface area contributed by atoms with Crippen LogP contribution < -0.4 is 5.32 Å². The predicted octanol–water partition coefficient (Wildman–Crippen LogP) is 4.62. The first kappa shape index (κ1) is 16.1. The molecule has 3 aromatic carbocycles. The van der Waals surface area contributed by atoms with Gasteiger partial charge >= 0.3 is 0 Å². The normalized spacial score (nSPS) is 10.9. The molecule has 0 spiro atoms. The fourth-order valence-electron chi connectivity index (χ4n) is 3.14. The molecule has 0 bridgehead atoms. The third-order valence-electron chi connectivity index (χ3n) is 4.56. The Morgan fingerprint density at radius 3 is 2.39 bits per heavy atom. The Morgan fingerprint density at radius 2 is 1.61 bits per heavy atom. The van der Waals surface area contributed by atoms with Crippen molar-refractivity contribution in [1.82, 2.24) is 24.7 Å². The zero-order chi connectivity index (χ0) is 18.8. The van der Waals surface area contributed by atoms with Crippen molar-refractivity contribution in [1.29, 1.82) is 0 Å². The minimum absolute atomic E-state index is 0.774. The van der Waals surface area contributed by atoms with Gasteiger partial charge in [0.15, 0.2) is 0 Å². The van der Waals surface area contributed by atoms with Gasteiger partial charge in [-0.2, -0.15) is 5.10 Å². The molecule has 28 heavy (non-hydrogen) atoms. The summed E-state index contributed by atoms with van der Waals surface area (Å²) in [5, 5.41) is 8.52. The number of benzene rings is 3. The van der Waals surface area contributed by atoms with E-state index in [-0.39, 0.29) is 0 Å². The van der Waals surface area contributed by atoms with Crippen molar-refractivity contribution >= 4 is 22.4 Å². The molecule has 0 amide bonds. The minimum atomic E-state index is 0.774. The molecular weight excluding hydrogens is 348 g/mol. The van der Waals surface area contributed by atoms with Crippen molar-refractivity contribution in [3.8, 4) is 16.8 Å². The number of hydrogen-bond acceptors (Lipinski definition) is 5. The van der Waals surface area contributed by atoms with Crippen molar-refractivity contribution < 1.29 is 0 Å². The Balaban J connectivity index is 1.50. The van der Waals surface area contributed by atoms with Crippen LogP contribution in [0.2, 0.25) is 0 Å². The number of hydrogen-bond donors (Lipinski definition) is 1. The van der Waals surface area contributed by atoms with Gasteiger partial charge in [0.2, 0.25) is 0 Å². The number of anilines is 2. The van der Waals surface area contributed by atoms with Gasteiger partial charge < -0.3 is 5.32 Å². The molecule has 0 saturated heterocycles. The van der Waals surface area contributed by atoms with Gasteiger partial charge in [0.25, 0.3) is 0 Å². The van der Waals surface area contributed by atoms with Crippen LogP contribution in [-0.2, 0) is 0 Å². The maximum atomic E-state index is 4.46. The molecule has 0 aliphatic heterocycles. The lowest BCUT2D eigenvalue weighted by atomic mass is 10.0. The first-order chi connectivity index (χ1) is 13.9. The zero-order valence-electron chi connectivity index (χ0n) is 14.9. The number of rotatable bonds is 4. The van der Waals surface area contributed by atoms with Crippen molar-refractivity contribution in [2.75, 3.05) is 5.32 Å². The molecular formula is C22H16N6. The molecule has 2 aromatic heterocycles. The zero-order valence-corrected chi connectivity index (χ0v) is 14.9. The summed E-state index contributed by atoms with van der Waals surface area (Å²) in [5.74, 6) is 0.774. The van der Waals surface area contributed by atoms with Crippen LogP contribution >= 0.6 is 0 Å². The SMILES string of the molecule is c1ccc(-c2ccc3ncnc(Nc4ccc(-n5cncn5)cc4)c3c2)cc1. The van der Waals surface area contributed by atoms with E-state index in [2.05, 4.69) is 49.6 Å². The van der Waals surface area contributed by atoms with E-state index in [0.717, 1.165) is 39.2 Å². The maximum Gasteiger partial charge on any atom is 0.141 e. The van der Waals surface area contributed by atoms with Crippen LogP contribution in [0.4, 0.5) is 11.5 Å². The maximum absolute atomic E-state index is 4.46. The average Bonchev–Trinajstić information content (AvgIpc) is 3.30. The smallest absolute Gasteiger partial charge is 0.141 e. The molecule has 134 valence electrons. The topological polar surface area (TPSA) is 68.5 Å². The molecule has 6 heteroatoms. The van der Waals surface area contributed by atoms with Gasteiger partial charge in [-0.05, 0) is 47.5 Å². The van der Waals surface area contributed by atoms with Crippen LogP contribution in [0.25, 0.3) is 27.7 Å². The fourth-order valence-corrected chi connectivity index (χ4v) is 3.14. The monoisotopic (exact) mass is 364 g/mol. The standard InChI is InChI=1S/C22H16N6/c1-2-4-16(5-3-1)17-6-11-21-20(12-17)22(25-14-24-21)27-18-7-9-19(10-8-18)28-15-23-13-26-28/h1-15H,(H,24,25,27). The Bertz CT molecular complexity index is 1220. The van der Waals surface area contributed by atoms with E-state index < -0.39 is 0 Å². The summed E-state index contributed by atoms with van der Waals surface area (Å²) in [6.07, 6.45) is 4.77. The van der Waals surface area contributed by atoms with Crippen molar-refractivity contribution in [3.05, 3.63) is 91.8 Å². The fraction of sp³-hybridized carbons (Fsp3) is 0. The van der Waals surface area contributed by atoms with Crippen molar-refractivity contribution in [2.24, 2.45) is 0 Å². The van der Waals surface area contributed by atoms with E-state index in [9.17, 15) is 0 Å². The highest BCUT2D eigenvalue weighted by Gasteiger charge is 2.07. The van der Waals surface area contributed by atoms with E-state index in [4.69, 9.17) is 0 Å². The van der Waals surface area contributed by atoms with Gasteiger partial charge in [0.05, 0.1) is 11.2 Å². The van der Waals surface area contributed by atoms with Crippen LogP contribution in [0.5, 0.6) is 0 Å². The molecule has 0 fully saturated rings. The summed E-state index contributed by atoms with van der Waals surface area (Å²) in [4.78, 5) is 12.8. The van der Waals surface area contributed by atoms with E-state index in [1.165, 1.54) is 6.33 Å². The highest BCUT2D eigenvalue weighted by molar-refractivity contribution is 5.93. The third kappa shape index (κ3) is 3.07. The van der Waals surface area contributed by atoms with Gasteiger partial charge in [-0.1, -0.05) is 36.4 Å². The Labute approximate surface area is 161 Å². The summed E-state index contributed by atoms with van der Waals surface area (Å²) in [6, 6.07) is 24.5. The van der Waals surface area contributed by atoms with Crippen LogP contribution in [-0.4, -0.2) is 24.7 Å². The Morgan fingerprint density at radius 1 is 0.750 bits per heavy atom. The molecule has 5 rings (SSSR count). The lowest BCUT2D eigenvalue weighted by molar-refractivity contribution is 0.879. The van der Waals surface area contributed by atoms with E-state index in [1.807, 2.05) is 48.5 Å².